The van der Waals surface area contributed by atoms with Crippen molar-refractivity contribution in [3.05, 3.63) is 37.4 Å². The third-order valence-corrected chi connectivity index (χ3v) is 7.46. The molecule has 38 heavy (non-hydrogen) atoms. The van der Waals surface area contributed by atoms with Crippen LogP contribution >= 0.6 is 0 Å². The lowest BCUT2D eigenvalue weighted by Gasteiger charge is -2.33. The van der Waals surface area contributed by atoms with Gasteiger partial charge >= 0.3 is 11.9 Å². The maximum atomic E-state index is 12.1. The summed E-state index contributed by atoms with van der Waals surface area (Å²) in [5, 5.41) is 16.9. The van der Waals surface area contributed by atoms with Gasteiger partial charge in [0.05, 0.1) is 18.1 Å². The first-order valence-corrected chi connectivity index (χ1v) is 14.9. The van der Waals surface area contributed by atoms with E-state index in [1.54, 1.807) is 37.4 Å². The number of nitrogens with zero attached hydrogens (tertiary/aromatic N) is 2. The minimum atomic E-state index is -5.05. The summed E-state index contributed by atoms with van der Waals surface area (Å²) in [7, 11) is -5.05. The molecular weight excluding hydrogens is 512 g/mol. The third kappa shape index (κ3) is 15.5. The number of carboxylic acid groups (broad SMARTS) is 2. The Kier molecular flexibility index (Phi) is 19.7. The number of rotatable bonds is 18. The van der Waals surface area contributed by atoms with Crippen LogP contribution in [0, 0.1) is 5.41 Å². The first-order valence-electron chi connectivity index (χ1n) is 13.4. The Balaban J connectivity index is 0.00000111. The second-order valence-corrected chi connectivity index (χ2v) is 10.8. The molecule has 0 aliphatic rings. The molecular formula is C26H46N4O7S. The predicted molar refractivity (Wildman–Crippen MR) is 146 cm³/mol. The van der Waals surface area contributed by atoms with Crippen molar-refractivity contribution in [1.29, 1.82) is 0 Å². The van der Waals surface area contributed by atoms with Crippen LogP contribution in [0.3, 0.4) is 0 Å². The second-order valence-electron chi connectivity index (χ2n) is 9.25. The largest absolute Gasteiger partial charge is 0.481 e. The lowest BCUT2D eigenvalue weighted by atomic mass is 9.74. The van der Waals surface area contributed by atoms with Crippen LogP contribution in [-0.2, 0) is 19.7 Å². The molecule has 0 aromatic carbocycles. The molecule has 0 fully saturated rings. The van der Waals surface area contributed by atoms with Crippen LogP contribution in [0.4, 0.5) is 0 Å². The number of aromatic nitrogens is 4. The molecule has 2 rings (SSSR count). The van der Waals surface area contributed by atoms with E-state index in [2.05, 4.69) is 33.8 Å². The highest BCUT2D eigenvalue weighted by atomic mass is 32.2. The summed E-state index contributed by atoms with van der Waals surface area (Å²) in [6, 6.07) is 0. The number of carboxylic acids is 2. The van der Waals surface area contributed by atoms with Gasteiger partial charge in [-0.15, -0.1) is 0 Å². The Morgan fingerprint density at radius 3 is 1.39 bits per heavy atom. The van der Waals surface area contributed by atoms with Crippen LogP contribution in [0.2, 0.25) is 0 Å². The van der Waals surface area contributed by atoms with Crippen molar-refractivity contribution in [3.8, 4) is 0 Å². The molecule has 2 heterocycles. The predicted octanol–water partition coefficient (Wildman–Crippen LogP) is 5.72. The smallest absolute Gasteiger partial charge is 0.325 e. The summed E-state index contributed by atoms with van der Waals surface area (Å²) in [6.45, 7) is 4.17. The molecule has 2 aromatic rings. The van der Waals surface area contributed by atoms with Crippen molar-refractivity contribution in [3.63, 3.8) is 0 Å². The lowest BCUT2D eigenvalue weighted by molar-refractivity contribution is -0.156. The fourth-order valence-electron chi connectivity index (χ4n) is 4.23. The van der Waals surface area contributed by atoms with Crippen molar-refractivity contribution in [2.75, 3.05) is 0 Å². The Morgan fingerprint density at radius 1 is 0.763 bits per heavy atom. The van der Waals surface area contributed by atoms with Gasteiger partial charge < -0.3 is 20.2 Å². The van der Waals surface area contributed by atoms with Gasteiger partial charge in [0, 0.05) is 24.8 Å². The molecule has 1 unspecified atom stereocenters. The van der Waals surface area contributed by atoms with Gasteiger partial charge in [0.15, 0.2) is 5.25 Å². The van der Waals surface area contributed by atoms with Crippen molar-refractivity contribution in [2.45, 2.75) is 109 Å². The number of H-pyrrole nitrogens is 2. The van der Waals surface area contributed by atoms with E-state index in [4.69, 9.17) is 0 Å². The van der Waals surface area contributed by atoms with Crippen molar-refractivity contribution in [2.24, 2.45) is 5.41 Å². The van der Waals surface area contributed by atoms with Gasteiger partial charge in [0.2, 0.25) is 0 Å². The van der Waals surface area contributed by atoms with E-state index in [-0.39, 0.29) is 12.8 Å². The zero-order valence-corrected chi connectivity index (χ0v) is 23.5. The number of hydrogen-bond acceptors (Lipinski definition) is 6. The third-order valence-electron chi connectivity index (χ3n) is 6.21. The number of aliphatic carboxylic acids is 2. The average Bonchev–Trinajstić information content (AvgIpc) is 3.61. The van der Waals surface area contributed by atoms with Crippen LogP contribution in [0.5, 0.6) is 0 Å². The van der Waals surface area contributed by atoms with Crippen molar-refractivity contribution >= 4 is 22.1 Å². The number of unbranched alkanes of at least 4 members (excludes halogenated alkanes) is 10. The van der Waals surface area contributed by atoms with Gasteiger partial charge in [0.1, 0.15) is 0 Å². The quantitative estimate of drug-likeness (QED) is 0.113. The summed E-state index contributed by atoms with van der Waals surface area (Å²) in [5.74, 6) is -3.26. The van der Waals surface area contributed by atoms with E-state index in [0.717, 1.165) is 51.4 Å². The first-order chi connectivity index (χ1) is 18.1. The topological polar surface area (TPSA) is 186 Å². The number of aromatic amines is 2. The van der Waals surface area contributed by atoms with Crippen molar-refractivity contribution in [1.82, 2.24) is 19.9 Å². The fourth-order valence-corrected chi connectivity index (χ4v) is 5.40. The highest BCUT2D eigenvalue weighted by molar-refractivity contribution is 7.87. The monoisotopic (exact) mass is 558 g/mol. The second kappa shape index (κ2) is 21.2. The zero-order valence-electron chi connectivity index (χ0n) is 22.7. The normalized spacial score (nSPS) is 12.0. The highest BCUT2D eigenvalue weighted by Gasteiger charge is 2.55. The van der Waals surface area contributed by atoms with E-state index in [0.29, 0.717) is 25.7 Å². The van der Waals surface area contributed by atoms with E-state index in [1.165, 1.54) is 0 Å². The molecule has 0 aliphatic heterocycles. The summed E-state index contributed by atoms with van der Waals surface area (Å²) in [5.41, 5.74) is -2.01. The number of hydrogen-bond donors (Lipinski definition) is 5. The van der Waals surface area contributed by atoms with E-state index in [1.807, 2.05) is 0 Å². The van der Waals surface area contributed by atoms with Crippen LogP contribution in [0.25, 0.3) is 0 Å². The van der Waals surface area contributed by atoms with E-state index < -0.39 is 32.7 Å². The minimum absolute atomic E-state index is 0.0693. The number of nitrogens with one attached hydrogen (secondary N) is 2. The van der Waals surface area contributed by atoms with E-state index in [9.17, 15) is 32.8 Å². The summed E-state index contributed by atoms with van der Waals surface area (Å²) < 4.78 is 33.1. The van der Waals surface area contributed by atoms with E-state index >= 15 is 0 Å². The number of carbonyl (C=O) groups is 2. The molecule has 0 radical (unpaired) electrons. The molecule has 0 aliphatic carbocycles. The molecule has 0 saturated carbocycles. The lowest BCUT2D eigenvalue weighted by Crippen LogP contribution is -2.51. The Labute approximate surface area is 226 Å². The highest BCUT2D eigenvalue weighted by Crippen LogP contribution is 2.39. The molecule has 5 N–H and O–H groups in total. The Morgan fingerprint density at radius 2 is 1.16 bits per heavy atom. The van der Waals surface area contributed by atoms with Crippen LogP contribution in [0.15, 0.2) is 37.4 Å². The van der Waals surface area contributed by atoms with Gasteiger partial charge in [-0.3, -0.25) is 14.1 Å². The molecule has 0 amide bonds. The van der Waals surface area contributed by atoms with Crippen molar-refractivity contribution < 1.29 is 32.8 Å². The van der Waals surface area contributed by atoms with Gasteiger partial charge in [-0.1, -0.05) is 90.9 Å². The molecule has 218 valence electrons. The van der Waals surface area contributed by atoms with Crippen LogP contribution in [0.1, 0.15) is 104 Å². The standard InChI is InChI=1S/C20H38O7S.2C3H4N2/c1-3-5-7-9-11-13-15-20(19(23)24,16-14-12-10-8-6-4-2)17(18(21)22)28(25,26)27;2*1-2-5-3-4-1/h17H,3-16H2,1-2H3,(H,21,22)(H,23,24)(H,25,26,27);2*1-3H,(H,4,5). The average molecular weight is 559 g/mol. The molecule has 0 bridgehead atoms. The minimum Gasteiger partial charge on any atom is -0.481 e. The fraction of sp³-hybridized carbons (Fsp3) is 0.692. The maximum absolute atomic E-state index is 12.1. The molecule has 1 atom stereocenters. The van der Waals surface area contributed by atoms with Gasteiger partial charge in [0.25, 0.3) is 10.1 Å². The van der Waals surface area contributed by atoms with Gasteiger partial charge in [-0.25, -0.2) is 9.97 Å². The zero-order chi connectivity index (χ0) is 28.7. The summed E-state index contributed by atoms with van der Waals surface area (Å²) in [6.07, 6.45) is 20.4. The number of imidazole rings is 2. The maximum Gasteiger partial charge on any atom is 0.325 e. The molecule has 11 nitrogen and oxygen atoms in total. The summed E-state index contributed by atoms with van der Waals surface area (Å²) >= 11 is 0. The first kappa shape index (κ1) is 35.3. The molecule has 0 saturated heterocycles. The Bertz CT molecular complexity index is 843. The molecule has 2 aromatic heterocycles. The SMILES string of the molecule is CCCCCCCCC(CCCCCCCC)(C(=O)O)C(C(=O)O)S(=O)(=O)O.c1c[nH]cn1.c1c[nH]cn1. The van der Waals surface area contributed by atoms with Gasteiger partial charge in [-0.2, -0.15) is 8.42 Å². The van der Waals surface area contributed by atoms with Crippen LogP contribution < -0.4 is 0 Å². The van der Waals surface area contributed by atoms with Crippen LogP contribution in [-0.4, -0.2) is 60.3 Å². The van der Waals surface area contributed by atoms with Gasteiger partial charge in [-0.05, 0) is 12.8 Å². The Hall–Kier alpha value is -2.73. The molecule has 12 heteroatoms. The summed E-state index contributed by atoms with van der Waals surface area (Å²) in [4.78, 5) is 36.6. The molecule has 0 spiro atoms.